The lowest BCUT2D eigenvalue weighted by Gasteiger charge is -2.56. The number of hydrogen-bond acceptors (Lipinski definition) is 6. The van der Waals surface area contributed by atoms with Crippen LogP contribution in [0, 0.1) is 5.82 Å². The van der Waals surface area contributed by atoms with Gasteiger partial charge in [0, 0.05) is 18.7 Å². The number of nitrogens with one attached hydrogen (secondary N) is 3. The zero-order valence-electron chi connectivity index (χ0n) is 18.6. The Hall–Kier alpha value is -2.08. The molecule has 3 saturated carbocycles. The molecular weight excluding hydrogens is 477 g/mol. The number of nitrogens with zero attached hydrogens (tertiary/aromatic N) is 1. The van der Waals surface area contributed by atoms with Crippen LogP contribution in [0.3, 0.4) is 0 Å². The minimum absolute atomic E-state index is 0.0241. The molecule has 2 amide bonds. The second kappa shape index (κ2) is 9.52. The molecule has 0 radical (unpaired) electrons. The van der Waals surface area contributed by atoms with Crippen LogP contribution in [0.25, 0.3) is 0 Å². The quantitative estimate of drug-likeness (QED) is 0.451. The van der Waals surface area contributed by atoms with Crippen molar-refractivity contribution in [1.29, 1.82) is 0 Å². The lowest BCUT2D eigenvalue weighted by atomic mass is 9.59. The predicted molar refractivity (Wildman–Crippen MR) is 117 cm³/mol. The summed E-state index contributed by atoms with van der Waals surface area (Å²) in [4.78, 5) is 25.4. The number of aliphatic hydroxyl groups is 1. The molecule has 8 nitrogen and oxygen atoms in total. The third-order valence-electron chi connectivity index (χ3n) is 7.28. The first-order chi connectivity index (χ1) is 16.0. The number of likely N-dealkylation sites (N-methyl/N-ethyl adjacent to an activating group) is 1. The molecule has 1 aliphatic heterocycles. The summed E-state index contributed by atoms with van der Waals surface area (Å²) in [6, 6.07) is 2.04. The van der Waals surface area contributed by atoms with E-state index in [2.05, 4.69) is 16.1 Å². The Kier molecular flexibility index (Phi) is 7.01. The molecule has 1 saturated heterocycles. The van der Waals surface area contributed by atoms with E-state index in [-0.39, 0.29) is 30.2 Å². The summed E-state index contributed by atoms with van der Waals surface area (Å²) in [5.74, 6) is -1.29. The maximum Gasteiger partial charge on any atom is 0.258 e. The van der Waals surface area contributed by atoms with E-state index in [4.69, 9.17) is 16.3 Å². The summed E-state index contributed by atoms with van der Waals surface area (Å²) in [5.41, 5.74) is 1.11. The molecule has 34 heavy (non-hydrogen) atoms. The maximum absolute atomic E-state index is 13.5. The van der Waals surface area contributed by atoms with Crippen LogP contribution in [-0.4, -0.2) is 71.3 Å². The first-order valence-corrected chi connectivity index (χ1v) is 11.6. The molecule has 4 N–H and O–H groups in total. The van der Waals surface area contributed by atoms with Gasteiger partial charge in [0.05, 0.1) is 22.7 Å². The van der Waals surface area contributed by atoms with Crippen molar-refractivity contribution in [2.45, 2.75) is 74.2 Å². The van der Waals surface area contributed by atoms with Gasteiger partial charge in [-0.15, -0.1) is 0 Å². The van der Waals surface area contributed by atoms with E-state index in [1.165, 1.54) is 17.1 Å². The molecule has 5 rings (SSSR count). The monoisotopic (exact) mass is 504 g/mol. The Balaban J connectivity index is 1.31. The van der Waals surface area contributed by atoms with Gasteiger partial charge in [-0.2, -0.15) is 0 Å². The Bertz CT molecular complexity index is 945. The number of aliphatic hydroxyl groups excluding tert-OH is 1. The fourth-order valence-electron chi connectivity index (χ4n) is 5.28. The summed E-state index contributed by atoms with van der Waals surface area (Å²) in [7, 11) is 1.55. The zero-order valence-corrected chi connectivity index (χ0v) is 19.4. The molecule has 3 aliphatic carbocycles. The van der Waals surface area contributed by atoms with Crippen LogP contribution in [0.15, 0.2) is 18.2 Å². The fraction of sp³-hybridized carbons (Fsp3) is 0.636. The van der Waals surface area contributed by atoms with Crippen LogP contribution in [0.1, 0.15) is 38.5 Å². The third kappa shape index (κ3) is 4.98. The molecule has 1 aromatic carbocycles. The molecule has 3 atom stereocenters. The number of hydrogen-bond donors (Lipinski definition) is 4. The van der Waals surface area contributed by atoms with Gasteiger partial charge in [0.25, 0.3) is 12.3 Å². The lowest BCUT2D eigenvalue weighted by Crippen LogP contribution is -2.71. The Morgan fingerprint density at radius 3 is 2.59 bits per heavy atom. The van der Waals surface area contributed by atoms with E-state index >= 15 is 0 Å². The first-order valence-electron chi connectivity index (χ1n) is 11.2. The van der Waals surface area contributed by atoms with Crippen LogP contribution in [0.2, 0.25) is 5.02 Å². The number of halogens is 4. The third-order valence-corrected chi connectivity index (χ3v) is 7.59. The van der Waals surface area contributed by atoms with Crippen molar-refractivity contribution in [3.63, 3.8) is 0 Å². The molecule has 12 heteroatoms. The molecule has 2 bridgehead atoms. The average Bonchev–Trinajstić information content (AvgIpc) is 3.18. The van der Waals surface area contributed by atoms with Gasteiger partial charge in [-0.3, -0.25) is 9.59 Å². The van der Waals surface area contributed by atoms with Gasteiger partial charge >= 0.3 is 0 Å². The van der Waals surface area contributed by atoms with Crippen molar-refractivity contribution in [2.75, 3.05) is 13.7 Å². The van der Waals surface area contributed by atoms with E-state index in [9.17, 15) is 27.9 Å². The molecule has 1 heterocycles. The summed E-state index contributed by atoms with van der Waals surface area (Å²) < 4.78 is 44.9. The highest BCUT2D eigenvalue weighted by molar-refractivity contribution is 6.30. The number of carbonyl (C=O) groups is 2. The van der Waals surface area contributed by atoms with E-state index in [1.54, 1.807) is 7.05 Å². The molecule has 1 aromatic rings. The number of hydrazine groups is 1. The average molecular weight is 505 g/mol. The van der Waals surface area contributed by atoms with Crippen LogP contribution >= 0.6 is 11.6 Å². The van der Waals surface area contributed by atoms with Crippen molar-refractivity contribution in [3.8, 4) is 5.75 Å². The minimum Gasteiger partial charge on any atom is -0.484 e. The Morgan fingerprint density at radius 1 is 1.29 bits per heavy atom. The highest BCUT2D eigenvalue weighted by Gasteiger charge is 2.56. The van der Waals surface area contributed by atoms with Crippen molar-refractivity contribution >= 4 is 23.4 Å². The largest absolute Gasteiger partial charge is 0.484 e. The summed E-state index contributed by atoms with van der Waals surface area (Å²) in [5, 5.41) is 18.1. The number of amides is 2. The highest BCUT2D eigenvalue weighted by atomic mass is 35.5. The second-order valence-corrected chi connectivity index (χ2v) is 9.90. The molecule has 0 aromatic heterocycles. The summed E-state index contributed by atoms with van der Waals surface area (Å²) >= 11 is 5.64. The molecule has 2 unspecified atom stereocenters. The van der Waals surface area contributed by atoms with E-state index in [1.807, 2.05) is 0 Å². The second-order valence-electron chi connectivity index (χ2n) is 9.49. The number of fused-ring (bicyclic) bond motifs is 3. The number of rotatable bonds is 7. The standard InChI is InChI=1S/C22H28ClF3N4O4/c1-30-16(9-15(29-30)19(25)26)20(33)28-22-6-4-21(5-7-22,10-17(22)31)27-18(32)11-34-12-2-3-13(23)14(24)8-12/h2-3,8,15-17,19,29,31H,4-7,9-11H2,1H3,(H,27,32)(H,28,33)/t15?,16?,17-,21?,22?/m0/s1. The topological polar surface area (TPSA) is 103 Å². The van der Waals surface area contributed by atoms with Crippen molar-refractivity contribution in [3.05, 3.63) is 29.0 Å². The molecule has 4 aliphatic rings. The van der Waals surface area contributed by atoms with E-state index in [0.29, 0.717) is 25.7 Å². The maximum atomic E-state index is 13.5. The SMILES string of the molecule is CN1NC(C(F)F)CC1C(=O)NC12CCC(NC(=O)COc3ccc(Cl)c(F)c3)(CC1)C[C@@H]2O. The number of ether oxygens (including phenoxy) is 1. The van der Waals surface area contributed by atoms with Crippen LogP contribution in [0.4, 0.5) is 13.2 Å². The smallest absolute Gasteiger partial charge is 0.258 e. The number of carbonyl (C=O) groups excluding carboxylic acids is 2. The van der Waals surface area contributed by atoms with Gasteiger partial charge in [-0.05, 0) is 50.7 Å². The van der Waals surface area contributed by atoms with E-state index < -0.39 is 53.3 Å². The van der Waals surface area contributed by atoms with Crippen molar-refractivity contribution < 1.29 is 32.6 Å². The first kappa shape index (κ1) is 25.0. The van der Waals surface area contributed by atoms with Gasteiger partial charge in [0.15, 0.2) is 6.61 Å². The minimum atomic E-state index is -2.58. The normalized spacial score (nSPS) is 33.2. The van der Waals surface area contributed by atoms with Crippen molar-refractivity contribution in [1.82, 2.24) is 21.1 Å². The van der Waals surface area contributed by atoms with Crippen LogP contribution in [0.5, 0.6) is 5.75 Å². The van der Waals surface area contributed by atoms with Gasteiger partial charge < -0.3 is 20.5 Å². The number of alkyl halides is 2. The molecule has 0 spiro atoms. The Morgan fingerprint density at radius 2 is 2.00 bits per heavy atom. The molecule has 188 valence electrons. The van der Waals surface area contributed by atoms with E-state index in [0.717, 1.165) is 6.07 Å². The highest BCUT2D eigenvalue weighted by Crippen LogP contribution is 2.47. The Labute approximate surface area is 200 Å². The van der Waals surface area contributed by atoms with Crippen LogP contribution in [-0.2, 0) is 9.59 Å². The lowest BCUT2D eigenvalue weighted by molar-refractivity contribution is -0.138. The summed E-state index contributed by atoms with van der Waals surface area (Å²) in [6.45, 7) is -0.326. The van der Waals surface area contributed by atoms with Crippen molar-refractivity contribution in [2.24, 2.45) is 0 Å². The predicted octanol–water partition coefficient (Wildman–Crippen LogP) is 1.75. The fourth-order valence-corrected chi connectivity index (χ4v) is 5.40. The van der Waals surface area contributed by atoms with Gasteiger partial charge in [-0.1, -0.05) is 11.6 Å². The van der Waals surface area contributed by atoms with Crippen LogP contribution < -0.4 is 20.8 Å². The van der Waals surface area contributed by atoms with Gasteiger partial charge in [-0.25, -0.2) is 23.6 Å². The van der Waals surface area contributed by atoms with Gasteiger partial charge in [0.1, 0.15) is 17.6 Å². The number of benzene rings is 1. The molecule has 4 fully saturated rings. The van der Waals surface area contributed by atoms with Gasteiger partial charge in [0.2, 0.25) is 5.91 Å². The zero-order chi connectivity index (χ0) is 24.7. The summed E-state index contributed by atoms with van der Waals surface area (Å²) in [6.07, 6.45) is -1.33. The molecular formula is C22H28ClF3N4O4.